The van der Waals surface area contributed by atoms with Gasteiger partial charge in [0.1, 0.15) is 0 Å². The molecule has 0 saturated heterocycles. The molecule has 0 heterocycles. The van der Waals surface area contributed by atoms with Crippen LogP contribution in [0.5, 0.6) is 0 Å². The van der Waals surface area contributed by atoms with Gasteiger partial charge in [0, 0.05) is 32.7 Å². The maximum Gasteiger partial charge on any atom is 0.228 e. The van der Waals surface area contributed by atoms with E-state index < -0.39 is 5.24 Å². The number of nitrogens with two attached hydrogens (primary N) is 1. The molecule has 0 saturated carbocycles. The molecular weight excluding hydrogens is 250 g/mol. The van der Waals surface area contributed by atoms with Gasteiger partial charge in [-0.2, -0.15) is 18.2 Å². The van der Waals surface area contributed by atoms with E-state index in [2.05, 4.69) is 6.07 Å². The monoisotopic (exact) mass is 257 g/mol. The van der Waals surface area contributed by atoms with Gasteiger partial charge in [0.25, 0.3) is 0 Å². The van der Waals surface area contributed by atoms with Crippen LogP contribution in [-0.2, 0) is 32.7 Å². The van der Waals surface area contributed by atoms with Gasteiger partial charge in [0.2, 0.25) is 5.24 Å². The van der Waals surface area contributed by atoms with E-state index in [-0.39, 0.29) is 32.7 Å². The molecule has 61 valence electrons. The van der Waals surface area contributed by atoms with Gasteiger partial charge < -0.3 is 5.73 Å². The summed E-state index contributed by atoms with van der Waals surface area (Å²) in [4.78, 5) is 10.7. The number of anilines is 1. The second-order valence-electron chi connectivity index (χ2n) is 2.20. The Bertz CT molecular complexity index is 301. The van der Waals surface area contributed by atoms with Crippen LogP contribution < -0.4 is 5.73 Å². The summed E-state index contributed by atoms with van der Waals surface area (Å²) in [6.45, 7) is 1.74. The topological polar surface area (TPSA) is 43.1 Å². The molecule has 0 atom stereocenters. The molecule has 0 aliphatic heterocycles. The van der Waals surface area contributed by atoms with Crippen LogP contribution in [0.1, 0.15) is 15.9 Å². The SMILES string of the molecule is Cc1c(N)[c-]ccc1C(=O)Cl.[Y]. The fourth-order valence-corrected chi connectivity index (χ4v) is 1.01. The molecule has 12 heavy (non-hydrogen) atoms. The summed E-state index contributed by atoms with van der Waals surface area (Å²) >= 11 is 5.27. The third kappa shape index (κ3) is 2.54. The Balaban J connectivity index is 0.00000121. The zero-order chi connectivity index (χ0) is 8.43. The predicted molar refractivity (Wildman–Crippen MR) is 44.6 cm³/mol. The maximum atomic E-state index is 10.7. The van der Waals surface area contributed by atoms with Gasteiger partial charge in [-0.3, -0.25) is 4.79 Å². The van der Waals surface area contributed by atoms with Crippen molar-refractivity contribution < 1.29 is 37.5 Å². The second kappa shape index (κ2) is 4.95. The molecule has 1 aromatic rings. The van der Waals surface area contributed by atoms with E-state index in [0.29, 0.717) is 16.8 Å². The van der Waals surface area contributed by atoms with Crippen LogP contribution in [0.4, 0.5) is 5.69 Å². The van der Waals surface area contributed by atoms with Crippen LogP contribution in [0.15, 0.2) is 12.1 Å². The Kier molecular flexibility index (Phi) is 4.99. The summed E-state index contributed by atoms with van der Waals surface area (Å²) in [7, 11) is 0. The molecule has 1 radical (unpaired) electrons. The van der Waals surface area contributed by atoms with Crippen molar-refractivity contribution in [3.05, 3.63) is 29.3 Å². The molecule has 0 bridgehead atoms. The van der Waals surface area contributed by atoms with Gasteiger partial charge in [-0.15, -0.1) is 5.56 Å². The summed E-state index contributed by atoms with van der Waals surface area (Å²) in [5.41, 5.74) is 7.10. The third-order valence-corrected chi connectivity index (χ3v) is 1.71. The number of benzene rings is 1. The molecule has 0 aliphatic rings. The van der Waals surface area contributed by atoms with Crippen LogP contribution in [0.3, 0.4) is 0 Å². The first-order chi connectivity index (χ1) is 5.13. The number of hydrogen-bond donors (Lipinski definition) is 1. The molecule has 2 nitrogen and oxygen atoms in total. The molecule has 0 aromatic heterocycles. The first-order valence-electron chi connectivity index (χ1n) is 3.09. The van der Waals surface area contributed by atoms with Gasteiger partial charge in [0.15, 0.2) is 0 Å². The Morgan fingerprint density at radius 1 is 1.67 bits per heavy atom. The average Bonchev–Trinajstić information content (AvgIpc) is 1.94. The van der Waals surface area contributed by atoms with Crippen molar-refractivity contribution >= 4 is 22.5 Å². The van der Waals surface area contributed by atoms with Crippen LogP contribution in [-0.4, -0.2) is 5.24 Å². The van der Waals surface area contributed by atoms with Crippen LogP contribution in [0.25, 0.3) is 0 Å². The molecule has 4 heteroatoms. The summed E-state index contributed by atoms with van der Waals surface area (Å²) in [5, 5.41) is -0.483. The van der Waals surface area contributed by atoms with Crippen LogP contribution >= 0.6 is 11.6 Å². The van der Waals surface area contributed by atoms with Crippen LogP contribution in [0, 0.1) is 13.0 Å². The third-order valence-electron chi connectivity index (χ3n) is 1.51. The van der Waals surface area contributed by atoms with Gasteiger partial charge in [0.05, 0.1) is 0 Å². The second-order valence-corrected chi connectivity index (χ2v) is 2.55. The predicted octanol–water partition coefficient (Wildman–Crippen LogP) is 1.75. The zero-order valence-electron chi connectivity index (χ0n) is 6.60. The van der Waals surface area contributed by atoms with E-state index in [4.69, 9.17) is 17.3 Å². The summed E-state index contributed by atoms with van der Waals surface area (Å²) in [5.74, 6) is 0. The normalized spacial score (nSPS) is 8.83. The molecule has 1 rings (SSSR count). The molecular formula is C8H7ClNOY-. The van der Waals surface area contributed by atoms with E-state index >= 15 is 0 Å². The summed E-state index contributed by atoms with van der Waals surface area (Å²) in [6.07, 6.45) is 0. The van der Waals surface area contributed by atoms with E-state index in [1.54, 1.807) is 19.1 Å². The van der Waals surface area contributed by atoms with Gasteiger partial charge >= 0.3 is 0 Å². The van der Waals surface area contributed by atoms with Crippen molar-refractivity contribution in [2.24, 2.45) is 0 Å². The largest absolute Gasteiger partial charge is 0.420 e. The van der Waals surface area contributed by atoms with Crippen molar-refractivity contribution in [1.29, 1.82) is 0 Å². The van der Waals surface area contributed by atoms with E-state index in [1.807, 2.05) is 0 Å². The van der Waals surface area contributed by atoms with E-state index in [9.17, 15) is 4.79 Å². The minimum absolute atomic E-state index is 0. The van der Waals surface area contributed by atoms with Crippen molar-refractivity contribution in [1.82, 2.24) is 0 Å². The molecule has 1 aromatic carbocycles. The van der Waals surface area contributed by atoms with Crippen molar-refractivity contribution in [3.63, 3.8) is 0 Å². The fraction of sp³-hybridized carbons (Fsp3) is 0.125. The minimum atomic E-state index is -0.483. The van der Waals surface area contributed by atoms with Crippen molar-refractivity contribution in [3.8, 4) is 0 Å². The minimum Gasteiger partial charge on any atom is -0.420 e. The number of nitrogen functional groups attached to an aromatic ring is 1. The van der Waals surface area contributed by atoms with Crippen molar-refractivity contribution in [2.45, 2.75) is 6.92 Å². The number of rotatable bonds is 1. The van der Waals surface area contributed by atoms with E-state index in [0.717, 1.165) is 0 Å². The summed E-state index contributed by atoms with van der Waals surface area (Å²) in [6, 6.07) is 5.94. The first kappa shape index (κ1) is 12.1. The number of carbonyl (C=O) groups is 1. The van der Waals surface area contributed by atoms with Gasteiger partial charge in [-0.1, -0.05) is 18.2 Å². The molecule has 0 aliphatic carbocycles. The quantitative estimate of drug-likeness (QED) is 0.473. The standard InChI is InChI=1S/C8H7ClNO.Y/c1-5-6(8(9)11)3-2-4-7(5)10;/h2-3H,10H2,1H3;/q-1;. The Morgan fingerprint density at radius 3 is 2.67 bits per heavy atom. The number of carbonyl (C=O) groups excluding carboxylic acids is 1. The molecule has 0 spiro atoms. The zero-order valence-corrected chi connectivity index (χ0v) is 10.2. The number of hydrogen-bond acceptors (Lipinski definition) is 2. The Labute approximate surface area is 101 Å². The average molecular weight is 258 g/mol. The Morgan fingerprint density at radius 2 is 2.25 bits per heavy atom. The molecule has 0 fully saturated rings. The van der Waals surface area contributed by atoms with Gasteiger partial charge in [-0.05, 0) is 11.6 Å². The smallest absolute Gasteiger partial charge is 0.228 e. The summed E-state index contributed by atoms with van der Waals surface area (Å²) < 4.78 is 0. The van der Waals surface area contributed by atoms with Crippen molar-refractivity contribution in [2.75, 3.05) is 5.73 Å². The molecule has 0 amide bonds. The molecule has 2 N–H and O–H groups in total. The number of halogens is 1. The van der Waals surface area contributed by atoms with E-state index in [1.165, 1.54) is 0 Å². The fourth-order valence-electron chi connectivity index (χ4n) is 0.806. The molecule has 0 unspecified atom stereocenters. The Hall–Kier alpha value is 0.0839. The van der Waals surface area contributed by atoms with Gasteiger partial charge in [-0.25, -0.2) is 0 Å². The van der Waals surface area contributed by atoms with Crippen LogP contribution in [0.2, 0.25) is 0 Å². The maximum absolute atomic E-state index is 10.7. The first-order valence-corrected chi connectivity index (χ1v) is 3.47.